The smallest absolute Gasteiger partial charge is 0.191 e. The van der Waals surface area contributed by atoms with Crippen LogP contribution < -0.4 is 20.3 Å². The fraction of sp³-hybridized carbons (Fsp3) is 0.435. The summed E-state index contributed by atoms with van der Waals surface area (Å²) in [5.74, 6) is 1.67. The number of halogens is 2. The quantitative estimate of drug-likeness (QED) is 0.307. The Hall–Kier alpha value is -1.71. The zero-order chi connectivity index (χ0) is 21.5. The third-order valence-corrected chi connectivity index (χ3v) is 5.52. The standard InChI is InChI=1S/C23H32ClN5O.HI/c1-25-23(26-14-17-7-5-6-8-18(17)15-28(2)3)27-20-11-12-29(16-20)21-13-19(24)9-10-22(21)30-4;/h5-10,13,20H,11-12,14-16H2,1-4H3,(H2,25,26,27);1H. The lowest BCUT2D eigenvalue weighted by molar-refractivity contribution is 0.400. The van der Waals surface area contributed by atoms with Crippen molar-refractivity contribution in [2.24, 2.45) is 4.99 Å². The second-order valence-corrected chi connectivity index (χ2v) is 8.26. The van der Waals surface area contributed by atoms with E-state index in [0.717, 1.165) is 55.0 Å². The van der Waals surface area contributed by atoms with Gasteiger partial charge in [0, 0.05) is 44.3 Å². The molecule has 1 aliphatic rings. The zero-order valence-electron chi connectivity index (χ0n) is 18.7. The third-order valence-electron chi connectivity index (χ3n) is 5.29. The topological polar surface area (TPSA) is 52.1 Å². The maximum Gasteiger partial charge on any atom is 0.191 e. The summed E-state index contributed by atoms with van der Waals surface area (Å²) in [5.41, 5.74) is 3.64. The van der Waals surface area contributed by atoms with Crippen LogP contribution in [0, 0.1) is 0 Å². The summed E-state index contributed by atoms with van der Waals surface area (Å²) >= 11 is 6.21. The molecule has 2 aromatic rings. The van der Waals surface area contributed by atoms with Crippen molar-refractivity contribution >= 4 is 47.2 Å². The number of rotatable bonds is 7. The largest absolute Gasteiger partial charge is 0.495 e. The molecule has 1 fully saturated rings. The van der Waals surface area contributed by atoms with Gasteiger partial charge >= 0.3 is 0 Å². The first-order valence-corrected chi connectivity index (χ1v) is 10.6. The Balaban J connectivity index is 0.00000341. The molecule has 1 saturated heterocycles. The molecular weight excluding hydrogens is 525 g/mol. The van der Waals surface area contributed by atoms with Gasteiger partial charge in [-0.15, -0.1) is 24.0 Å². The minimum atomic E-state index is 0. The Morgan fingerprint density at radius 3 is 2.65 bits per heavy atom. The van der Waals surface area contributed by atoms with E-state index in [1.54, 1.807) is 7.11 Å². The van der Waals surface area contributed by atoms with Crippen LogP contribution >= 0.6 is 35.6 Å². The average Bonchev–Trinajstić information content (AvgIpc) is 3.20. The van der Waals surface area contributed by atoms with Gasteiger partial charge in [-0.2, -0.15) is 0 Å². The second kappa shape index (κ2) is 12.4. The summed E-state index contributed by atoms with van der Waals surface area (Å²) in [6, 6.07) is 14.6. The first-order chi connectivity index (χ1) is 14.5. The number of methoxy groups -OCH3 is 1. The van der Waals surface area contributed by atoms with Gasteiger partial charge in [0.15, 0.2) is 5.96 Å². The first-order valence-electron chi connectivity index (χ1n) is 10.3. The SMILES string of the molecule is CN=C(NCc1ccccc1CN(C)C)NC1CCN(c2cc(Cl)ccc2OC)C1.I. The van der Waals surface area contributed by atoms with E-state index in [9.17, 15) is 0 Å². The second-order valence-electron chi connectivity index (χ2n) is 7.82. The first kappa shape index (κ1) is 25.5. The Morgan fingerprint density at radius 1 is 1.23 bits per heavy atom. The van der Waals surface area contributed by atoms with Crippen LogP contribution in [-0.4, -0.2) is 58.2 Å². The van der Waals surface area contributed by atoms with Crippen LogP contribution in [0.1, 0.15) is 17.5 Å². The van der Waals surface area contributed by atoms with Crippen LogP contribution in [0.5, 0.6) is 5.75 Å². The van der Waals surface area contributed by atoms with Crippen molar-refractivity contribution in [3.8, 4) is 5.75 Å². The summed E-state index contributed by atoms with van der Waals surface area (Å²) in [7, 11) is 7.68. The van der Waals surface area contributed by atoms with E-state index in [2.05, 4.69) is 63.8 Å². The molecule has 0 saturated carbocycles. The highest BCUT2D eigenvalue weighted by Gasteiger charge is 2.25. The van der Waals surface area contributed by atoms with E-state index in [-0.39, 0.29) is 24.0 Å². The molecule has 0 spiro atoms. The van der Waals surface area contributed by atoms with Crippen LogP contribution in [0.25, 0.3) is 0 Å². The highest BCUT2D eigenvalue weighted by atomic mass is 127. The molecule has 6 nitrogen and oxygen atoms in total. The molecule has 1 unspecified atom stereocenters. The fourth-order valence-electron chi connectivity index (χ4n) is 3.80. The van der Waals surface area contributed by atoms with E-state index in [0.29, 0.717) is 6.04 Å². The van der Waals surface area contributed by atoms with E-state index in [1.807, 2.05) is 25.2 Å². The molecule has 8 heteroatoms. The van der Waals surface area contributed by atoms with Crippen LogP contribution in [0.15, 0.2) is 47.5 Å². The van der Waals surface area contributed by atoms with Gasteiger partial charge in [0.05, 0.1) is 12.8 Å². The maximum atomic E-state index is 6.21. The molecule has 2 N–H and O–H groups in total. The lowest BCUT2D eigenvalue weighted by atomic mass is 10.1. The molecule has 2 aromatic carbocycles. The average molecular weight is 558 g/mol. The van der Waals surface area contributed by atoms with Gasteiger partial charge in [-0.3, -0.25) is 4.99 Å². The number of ether oxygens (including phenoxy) is 1. The highest BCUT2D eigenvalue weighted by molar-refractivity contribution is 14.0. The number of guanidine groups is 1. The van der Waals surface area contributed by atoms with Crippen molar-refractivity contribution in [2.45, 2.75) is 25.6 Å². The summed E-state index contributed by atoms with van der Waals surface area (Å²) in [4.78, 5) is 8.91. The number of nitrogens with one attached hydrogen (secondary N) is 2. The lowest BCUT2D eigenvalue weighted by Crippen LogP contribution is -2.44. The van der Waals surface area contributed by atoms with Gasteiger partial charge in [0.25, 0.3) is 0 Å². The van der Waals surface area contributed by atoms with Crippen molar-refractivity contribution in [1.29, 1.82) is 0 Å². The minimum absolute atomic E-state index is 0. The molecule has 170 valence electrons. The molecule has 0 aliphatic carbocycles. The molecule has 1 aliphatic heterocycles. The molecule has 1 heterocycles. The summed E-state index contributed by atoms with van der Waals surface area (Å²) < 4.78 is 5.52. The van der Waals surface area contributed by atoms with Crippen molar-refractivity contribution in [3.05, 3.63) is 58.6 Å². The summed E-state index contributed by atoms with van der Waals surface area (Å²) in [6.45, 7) is 3.47. The normalized spacial score (nSPS) is 16.3. The summed E-state index contributed by atoms with van der Waals surface area (Å²) in [6.07, 6.45) is 1.02. The zero-order valence-corrected chi connectivity index (χ0v) is 21.8. The number of hydrogen-bond acceptors (Lipinski definition) is 4. The Bertz CT molecular complexity index is 877. The fourth-order valence-corrected chi connectivity index (χ4v) is 3.97. The van der Waals surface area contributed by atoms with Crippen molar-refractivity contribution in [3.63, 3.8) is 0 Å². The van der Waals surface area contributed by atoms with Gasteiger partial charge < -0.3 is 25.2 Å². The Labute approximate surface area is 208 Å². The molecule has 1 atom stereocenters. The van der Waals surface area contributed by atoms with Crippen LogP contribution in [0.4, 0.5) is 5.69 Å². The molecule has 31 heavy (non-hydrogen) atoms. The van der Waals surface area contributed by atoms with Gasteiger partial charge in [0.2, 0.25) is 0 Å². The maximum absolute atomic E-state index is 6.21. The lowest BCUT2D eigenvalue weighted by Gasteiger charge is -2.22. The van der Waals surface area contributed by atoms with E-state index < -0.39 is 0 Å². The number of nitrogens with zero attached hydrogens (tertiary/aromatic N) is 3. The number of aliphatic imine (C=N–C) groups is 1. The van der Waals surface area contributed by atoms with Crippen molar-refractivity contribution in [1.82, 2.24) is 15.5 Å². The minimum Gasteiger partial charge on any atom is -0.495 e. The van der Waals surface area contributed by atoms with Crippen molar-refractivity contribution in [2.75, 3.05) is 46.2 Å². The molecule has 0 radical (unpaired) electrons. The number of benzene rings is 2. The Kier molecular flexibility index (Phi) is 10.2. The highest BCUT2D eigenvalue weighted by Crippen LogP contribution is 2.33. The van der Waals surface area contributed by atoms with Gasteiger partial charge in [0.1, 0.15) is 5.75 Å². The van der Waals surface area contributed by atoms with Crippen LogP contribution in [0.3, 0.4) is 0 Å². The molecule has 3 rings (SSSR count). The molecule has 0 amide bonds. The van der Waals surface area contributed by atoms with E-state index >= 15 is 0 Å². The van der Waals surface area contributed by atoms with Crippen LogP contribution in [-0.2, 0) is 13.1 Å². The molecular formula is C23H33ClIN5O. The van der Waals surface area contributed by atoms with E-state index in [1.165, 1.54) is 11.1 Å². The van der Waals surface area contributed by atoms with Gasteiger partial charge in [-0.1, -0.05) is 35.9 Å². The predicted octanol–water partition coefficient (Wildman–Crippen LogP) is 3.97. The van der Waals surface area contributed by atoms with Crippen LogP contribution in [0.2, 0.25) is 5.02 Å². The monoisotopic (exact) mass is 557 g/mol. The summed E-state index contributed by atoms with van der Waals surface area (Å²) in [5, 5.41) is 7.75. The third kappa shape index (κ3) is 7.15. The number of anilines is 1. The van der Waals surface area contributed by atoms with E-state index in [4.69, 9.17) is 16.3 Å². The Morgan fingerprint density at radius 2 is 1.97 bits per heavy atom. The van der Waals surface area contributed by atoms with Gasteiger partial charge in [-0.25, -0.2) is 0 Å². The van der Waals surface area contributed by atoms with Crippen molar-refractivity contribution < 1.29 is 4.74 Å². The molecule has 0 aromatic heterocycles. The predicted molar refractivity (Wildman–Crippen MR) is 141 cm³/mol. The molecule has 0 bridgehead atoms. The number of hydrogen-bond donors (Lipinski definition) is 2. The van der Waals surface area contributed by atoms with Gasteiger partial charge in [-0.05, 0) is 49.8 Å².